The van der Waals surface area contributed by atoms with E-state index in [9.17, 15) is 0 Å². The van der Waals surface area contributed by atoms with Gasteiger partial charge < -0.3 is 10.1 Å². The van der Waals surface area contributed by atoms with E-state index < -0.39 is 0 Å². The minimum atomic E-state index is 0.0169. The molecule has 1 aliphatic rings. The van der Waals surface area contributed by atoms with E-state index in [0.717, 1.165) is 36.4 Å². The quantitative estimate of drug-likeness (QED) is 0.859. The summed E-state index contributed by atoms with van der Waals surface area (Å²) in [6.07, 6.45) is 9.80. The smallest absolute Gasteiger partial charge is 0.167 e. The second kappa shape index (κ2) is 6.44. The zero-order valence-corrected chi connectivity index (χ0v) is 13.4. The Labute approximate surface area is 130 Å². The highest BCUT2D eigenvalue weighted by Crippen LogP contribution is 2.36. The Morgan fingerprint density at radius 3 is 3.00 bits per heavy atom. The van der Waals surface area contributed by atoms with Gasteiger partial charge in [0.2, 0.25) is 0 Å². The molecular weight excluding hydrogens is 278 g/mol. The maximum Gasteiger partial charge on any atom is 0.167 e. The molecule has 0 saturated carbocycles. The van der Waals surface area contributed by atoms with Crippen LogP contribution in [0.25, 0.3) is 11.2 Å². The molecule has 3 heterocycles. The molecule has 1 fully saturated rings. The Bertz CT molecular complexity index is 666. The predicted octanol–water partition coefficient (Wildman–Crippen LogP) is 3.15. The molecule has 2 aromatic heterocycles. The lowest BCUT2D eigenvalue weighted by Gasteiger charge is -2.14. The van der Waals surface area contributed by atoms with E-state index in [2.05, 4.69) is 34.1 Å². The van der Waals surface area contributed by atoms with Crippen molar-refractivity contribution in [3.63, 3.8) is 0 Å². The number of nitrogens with zero attached hydrogens (tertiary/aromatic N) is 4. The molecule has 6 heteroatoms. The number of rotatable bonds is 5. The highest BCUT2D eigenvalue weighted by atomic mass is 16.5. The molecule has 3 atom stereocenters. The zero-order valence-electron chi connectivity index (χ0n) is 13.4. The Hall–Kier alpha value is -1.95. The summed E-state index contributed by atoms with van der Waals surface area (Å²) in [4.78, 5) is 13.2. The summed E-state index contributed by atoms with van der Waals surface area (Å²) in [7, 11) is 0. The maximum atomic E-state index is 6.14. The van der Waals surface area contributed by atoms with E-state index in [1.807, 2.05) is 30.0 Å². The average Bonchev–Trinajstić information content (AvgIpc) is 3.11. The molecule has 118 valence electrons. The molecule has 0 spiro atoms. The largest absolute Gasteiger partial charge is 0.365 e. The molecule has 22 heavy (non-hydrogen) atoms. The Morgan fingerprint density at radius 1 is 1.41 bits per heavy atom. The Kier molecular flexibility index (Phi) is 4.38. The molecule has 2 aromatic rings. The lowest BCUT2D eigenvalue weighted by Crippen LogP contribution is -2.12. The predicted molar refractivity (Wildman–Crippen MR) is 86.6 cm³/mol. The number of allylic oxidation sites excluding steroid dienone is 1. The monoisotopic (exact) mass is 301 g/mol. The summed E-state index contributed by atoms with van der Waals surface area (Å²) >= 11 is 0. The minimum Gasteiger partial charge on any atom is -0.365 e. The van der Waals surface area contributed by atoms with Crippen molar-refractivity contribution < 1.29 is 4.74 Å². The lowest BCUT2D eigenvalue weighted by molar-refractivity contribution is -0.00304. The third-order valence-electron chi connectivity index (χ3n) is 4.23. The molecule has 0 amide bonds. The minimum absolute atomic E-state index is 0.0169. The van der Waals surface area contributed by atoms with Gasteiger partial charge in [-0.25, -0.2) is 15.0 Å². The molecule has 0 bridgehead atoms. The summed E-state index contributed by atoms with van der Waals surface area (Å²) < 4.78 is 8.18. The van der Waals surface area contributed by atoms with Gasteiger partial charge in [-0.1, -0.05) is 26.0 Å². The second-order valence-electron chi connectivity index (χ2n) is 5.75. The number of nitrogens with one attached hydrogen (secondary N) is 1. The van der Waals surface area contributed by atoms with E-state index in [1.165, 1.54) is 0 Å². The van der Waals surface area contributed by atoms with Crippen molar-refractivity contribution in [2.45, 2.75) is 45.9 Å². The maximum absolute atomic E-state index is 6.14. The average molecular weight is 301 g/mol. The standard InChI is InChI=1S/C16H23N5O/c1-4-6-7-17-15-14-16(19-9-18-15)21(10-20-14)13-8-11(3)12(5-2)22-13/h4,6,9-13H,5,7-8H2,1-3H3,(H,17,18,19)/b6-4+/t11-,12+,13+/m0/s1. The molecule has 1 aliphatic heterocycles. The van der Waals surface area contributed by atoms with Crippen LogP contribution < -0.4 is 5.32 Å². The fourth-order valence-corrected chi connectivity index (χ4v) is 3.00. The third kappa shape index (κ3) is 2.70. The first-order valence-corrected chi connectivity index (χ1v) is 7.92. The van der Waals surface area contributed by atoms with Gasteiger partial charge in [-0.15, -0.1) is 0 Å². The number of aromatic nitrogens is 4. The van der Waals surface area contributed by atoms with Gasteiger partial charge >= 0.3 is 0 Å². The fourth-order valence-electron chi connectivity index (χ4n) is 3.00. The first-order chi connectivity index (χ1) is 10.7. The molecule has 0 unspecified atom stereocenters. The number of imidazole rings is 1. The first kappa shape index (κ1) is 15.0. The third-order valence-corrected chi connectivity index (χ3v) is 4.23. The van der Waals surface area contributed by atoms with Gasteiger partial charge in [0.05, 0.1) is 12.4 Å². The van der Waals surface area contributed by atoms with Crippen molar-refractivity contribution in [2.24, 2.45) is 5.92 Å². The number of anilines is 1. The number of ether oxygens (including phenoxy) is 1. The summed E-state index contributed by atoms with van der Waals surface area (Å²) in [6, 6.07) is 0. The van der Waals surface area contributed by atoms with Crippen molar-refractivity contribution in [2.75, 3.05) is 11.9 Å². The molecular formula is C16H23N5O. The summed E-state index contributed by atoms with van der Waals surface area (Å²) in [5.41, 5.74) is 1.62. The van der Waals surface area contributed by atoms with Gasteiger partial charge in [0.1, 0.15) is 12.6 Å². The van der Waals surface area contributed by atoms with E-state index in [1.54, 1.807) is 6.33 Å². The Balaban J connectivity index is 1.88. The Morgan fingerprint density at radius 2 is 2.27 bits per heavy atom. The normalized spacial score (nSPS) is 25.3. The number of hydrogen-bond donors (Lipinski definition) is 1. The van der Waals surface area contributed by atoms with Crippen LogP contribution in [0.2, 0.25) is 0 Å². The molecule has 0 radical (unpaired) electrons. The van der Waals surface area contributed by atoms with Gasteiger partial charge in [0.25, 0.3) is 0 Å². The zero-order chi connectivity index (χ0) is 15.5. The van der Waals surface area contributed by atoms with Crippen LogP contribution >= 0.6 is 0 Å². The summed E-state index contributed by atoms with van der Waals surface area (Å²) in [6.45, 7) is 7.13. The van der Waals surface area contributed by atoms with Crippen molar-refractivity contribution in [1.82, 2.24) is 19.5 Å². The molecule has 3 rings (SSSR count). The van der Waals surface area contributed by atoms with Crippen LogP contribution in [0.15, 0.2) is 24.8 Å². The van der Waals surface area contributed by atoms with Crippen LogP contribution in [0.1, 0.15) is 39.8 Å². The van der Waals surface area contributed by atoms with Crippen LogP contribution in [-0.4, -0.2) is 32.2 Å². The lowest BCUT2D eigenvalue weighted by atomic mass is 10.0. The summed E-state index contributed by atoms with van der Waals surface area (Å²) in [5.74, 6) is 1.32. The van der Waals surface area contributed by atoms with Crippen LogP contribution in [-0.2, 0) is 4.74 Å². The van der Waals surface area contributed by atoms with E-state index in [-0.39, 0.29) is 6.23 Å². The molecule has 1 saturated heterocycles. The highest BCUT2D eigenvalue weighted by molar-refractivity contribution is 5.82. The van der Waals surface area contributed by atoms with Crippen LogP contribution in [0.4, 0.5) is 5.82 Å². The number of fused-ring (bicyclic) bond motifs is 1. The number of hydrogen-bond acceptors (Lipinski definition) is 5. The van der Waals surface area contributed by atoms with Crippen molar-refractivity contribution >= 4 is 17.0 Å². The van der Waals surface area contributed by atoms with Crippen LogP contribution in [0.3, 0.4) is 0 Å². The van der Waals surface area contributed by atoms with Crippen molar-refractivity contribution in [1.29, 1.82) is 0 Å². The van der Waals surface area contributed by atoms with Crippen LogP contribution in [0.5, 0.6) is 0 Å². The van der Waals surface area contributed by atoms with E-state index in [4.69, 9.17) is 4.74 Å². The molecule has 0 aromatic carbocycles. The van der Waals surface area contributed by atoms with Gasteiger partial charge in [-0.3, -0.25) is 4.57 Å². The summed E-state index contributed by atoms with van der Waals surface area (Å²) in [5, 5.41) is 3.27. The highest BCUT2D eigenvalue weighted by Gasteiger charge is 2.33. The SMILES string of the molecule is C/C=C/CNc1ncnc2c1ncn2[C@H]1C[C@H](C)[C@@H](CC)O1. The van der Waals surface area contributed by atoms with Gasteiger partial charge in [-0.05, 0) is 25.7 Å². The molecule has 1 N–H and O–H groups in total. The van der Waals surface area contributed by atoms with Gasteiger partial charge in [-0.2, -0.15) is 0 Å². The molecule has 0 aliphatic carbocycles. The van der Waals surface area contributed by atoms with E-state index >= 15 is 0 Å². The van der Waals surface area contributed by atoms with Crippen molar-refractivity contribution in [3.8, 4) is 0 Å². The first-order valence-electron chi connectivity index (χ1n) is 7.92. The van der Waals surface area contributed by atoms with Crippen LogP contribution in [0, 0.1) is 5.92 Å². The second-order valence-corrected chi connectivity index (χ2v) is 5.75. The van der Waals surface area contributed by atoms with Gasteiger partial charge in [0.15, 0.2) is 17.0 Å². The van der Waals surface area contributed by atoms with Crippen molar-refractivity contribution in [3.05, 3.63) is 24.8 Å². The van der Waals surface area contributed by atoms with E-state index in [0.29, 0.717) is 12.0 Å². The molecule has 6 nitrogen and oxygen atoms in total. The topological polar surface area (TPSA) is 64.9 Å². The van der Waals surface area contributed by atoms with Gasteiger partial charge in [0, 0.05) is 6.54 Å². The fraction of sp³-hybridized carbons (Fsp3) is 0.562.